The van der Waals surface area contributed by atoms with Gasteiger partial charge in [-0.2, -0.15) is 0 Å². The summed E-state index contributed by atoms with van der Waals surface area (Å²) in [6.07, 6.45) is 1.75. The number of benzene rings is 2. The predicted octanol–water partition coefficient (Wildman–Crippen LogP) is 5.43. The maximum atomic E-state index is 12.7. The SMILES string of the molecule is CCOc1cc(/C=C2\SC(=S)N(C)C2=O)ccc1OC(=O)c1ccc(C(C)(C)C)cc1. The Hall–Kier alpha value is -2.64. The van der Waals surface area contributed by atoms with Gasteiger partial charge in [0.05, 0.1) is 17.1 Å². The third-order valence-corrected chi connectivity index (χ3v) is 6.23. The molecule has 1 amide bonds. The van der Waals surface area contributed by atoms with Crippen LogP contribution in [0.5, 0.6) is 11.5 Å². The van der Waals surface area contributed by atoms with Crippen molar-refractivity contribution in [1.29, 1.82) is 0 Å². The molecule has 2 aromatic rings. The number of hydrogen-bond acceptors (Lipinski definition) is 6. The van der Waals surface area contributed by atoms with Gasteiger partial charge in [-0.25, -0.2) is 4.79 Å². The van der Waals surface area contributed by atoms with Gasteiger partial charge in [0.15, 0.2) is 11.5 Å². The Labute approximate surface area is 192 Å². The molecule has 1 heterocycles. The lowest BCUT2D eigenvalue weighted by Crippen LogP contribution is -2.22. The maximum Gasteiger partial charge on any atom is 0.343 e. The second-order valence-electron chi connectivity index (χ2n) is 8.10. The van der Waals surface area contributed by atoms with Crippen LogP contribution in [0.2, 0.25) is 0 Å². The molecule has 162 valence electrons. The maximum absolute atomic E-state index is 12.7. The van der Waals surface area contributed by atoms with Gasteiger partial charge in [0.2, 0.25) is 0 Å². The van der Waals surface area contributed by atoms with Crippen molar-refractivity contribution >= 4 is 46.3 Å². The van der Waals surface area contributed by atoms with E-state index in [9.17, 15) is 9.59 Å². The number of thioether (sulfide) groups is 1. The Morgan fingerprint density at radius 1 is 1.13 bits per heavy atom. The number of carbonyl (C=O) groups is 2. The van der Waals surface area contributed by atoms with Crippen LogP contribution in [-0.4, -0.2) is 34.8 Å². The molecule has 1 saturated heterocycles. The highest BCUT2D eigenvalue weighted by Crippen LogP contribution is 2.34. The fourth-order valence-electron chi connectivity index (χ4n) is 2.93. The lowest BCUT2D eigenvalue weighted by molar-refractivity contribution is -0.121. The van der Waals surface area contributed by atoms with Crippen molar-refractivity contribution in [1.82, 2.24) is 4.90 Å². The van der Waals surface area contributed by atoms with Crippen LogP contribution in [0, 0.1) is 0 Å². The molecule has 0 bridgehead atoms. The first-order chi connectivity index (χ1) is 14.6. The monoisotopic (exact) mass is 455 g/mol. The predicted molar refractivity (Wildman–Crippen MR) is 129 cm³/mol. The number of amides is 1. The van der Waals surface area contributed by atoms with Crippen LogP contribution in [-0.2, 0) is 10.2 Å². The van der Waals surface area contributed by atoms with Crippen LogP contribution >= 0.6 is 24.0 Å². The van der Waals surface area contributed by atoms with Gasteiger partial charge in [0.1, 0.15) is 4.32 Å². The minimum absolute atomic E-state index is 0.00639. The lowest BCUT2D eigenvalue weighted by atomic mass is 9.87. The Morgan fingerprint density at radius 3 is 2.35 bits per heavy atom. The van der Waals surface area contributed by atoms with Gasteiger partial charge in [-0.1, -0.05) is 63.0 Å². The second-order valence-corrected chi connectivity index (χ2v) is 9.77. The number of hydrogen-bond donors (Lipinski definition) is 0. The fourth-order valence-corrected chi connectivity index (χ4v) is 4.11. The van der Waals surface area contributed by atoms with E-state index in [-0.39, 0.29) is 11.3 Å². The van der Waals surface area contributed by atoms with Crippen LogP contribution in [0.4, 0.5) is 0 Å². The van der Waals surface area contributed by atoms with Crippen LogP contribution in [0.1, 0.15) is 49.2 Å². The van der Waals surface area contributed by atoms with Gasteiger partial charge in [0, 0.05) is 7.05 Å². The highest BCUT2D eigenvalue weighted by atomic mass is 32.2. The van der Waals surface area contributed by atoms with E-state index in [1.54, 1.807) is 43.5 Å². The molecule has 2 aromatic carbocycles. The Balaban J connectivity index is 1.82. The van der Waals surface area contributed by atoms with Crippen LogP contribution in [0.3, 0.4) is 0 Å². The molecular formula is C24H25NO4S2. The summed E-state index contributed by atoms with van der Waals surface area (Å²) in [6, 6.07) is 12.6. The summed E-state index contributed by atoms with van der Waals surface area (Å²) in [5, 5.41) is 0. The first-order valence-electron chi connectivity index (χ1n) is 9.91. The quantitative estimate of drug-likeness (QED) is 0.259. The minimum atomic E-state index is -0.457. The molecule has 0 radical (unpaired) electrons. The van der Waals surface area contributed by atoms with E-state index in [2.05, 4.69) is 20.8 Å². The summed E-state index contributed by atoms with van der Waals surface area (Å²) in [7, 11) is 1.65. The molecular weight excluding hydrogens is 430 g/mol. The van der Waals surface area contributed by atoms with Gasteiger partial charge in [0.25, 0.3) is 5.91 Å². The zero-order chi connectivity index (χ0) is 22.8. The number of thiocarbonyl (C=S) groups is 1. The molecule has 31 heavy (non-hydrogen) atoms. The summed E-state index contributed by atoms with van der Waals surface area (Å²) in [5.41, 5.74) is 2.37. The highest BCUT2D eigenvalue weighted by Gasteiger charge is 2.28. The zero-order valence-electron chi connectivity index (χ0n) is 18.2. The van der Waals surface area contributed by atoms with Gasteiger partial charge in [-0.05, 0) is 53.8 Å². The lowest BCUT2D eigenvalue weighted by Gasteiger charge is -2.19. The molecule has 1 aliphatic heterocycles. The van der Waals surface area contributed by atoms with E-state index in [1.807, 2.05) is 19.1 Å². The van der Waals surface area contributed by atoms with Crippen LogP contribution < -0.4 is 9.47 Å². The number of rotatable bonds is 5. The average Bonchev–Trinajstić information content (AvgIpc) is 2.96. The minimum Gasteiger partial charge on any atom is -0.490 e. The van der Waals surface area contributed by atoms with Gasteiger partial charge >= 0.3 is 5.97 Å². The largest absolute Gasteiger partial charge is 0.490 e. The molecule has 0 aliphatic carbocycles. The summed E-state index contributed by atoms with van der Waals surface area (Å²) in [4.78, 5) is 26.9. The molecule has 0 unspecified atom stereocenters. The van der Waals surface area contributed by atoms with E-state index in [0.29, 0.717) is 32.9 Å². The standard InChI is InChI=1S/C24H25NO4S2/c1-6-28-19-13-15(14-20-21(26)25(5)23(30)31-20)7-12-18(19)29-22(27)16-8-10-17(11-9-16)24(2,3)4/h7-14H,6H2,1-5H3/b20-14-. The molecule has 0 atom stereocenters. The molecule has 0 saturated carbocycles. The smallest absolute Gasteiger partial charge is 0.343 e. The van der Waals surface area contributed by atoms with E-state index in [0.717, 1.165) is 11.1 Å². The van der Waals surface area contributed by atoms with Crippen molar-refractivity contribution in [3.05, 3.63) is 64.1 Å². The zero-order valence-corrected chi connectivity index (χ0v) is 19.9. The van der Waals surface area contributed by atoms with Crippen molar-refractivity contribution in [3.63, 3.8) is 0 Å². The van der Waals surface area contributed by atoms with E-state index in [1.165, 1.54) is 16.7 Å². The number of likely N-dealkylation sites (N-methyl/N-ethyl adjacent to an activating group) is 1. The van der Waals surface area contributed by atoms with E-state index in [4.69, 9.17) is 21.7 Å². The van der Waals surface area contributed by atoms with Gasteiger partial charge < -0.3 is 9.47 Å². The van der Waals surface area contributed by atoms with Crippen molar-refractivity contribution in [2.24, 2.45) is 0 Å². The topological polar surface area (TPSA) is 55.8 Å². The Kier molecular flexibility index (Phi) is 6.86. The van der Waals surface area contributed by atoms with E-state index < -0.39 is 5.97 Å². The van der Waals surface area contributed by atoms with Crippen LogP contribution in [0.15, 0.2) is 47.4 Å². The highest BCUT2D eigenvalue weighted by molar-refractivity contribution is 8.26. The third kappa shape index (κ3) is 5.35. The Bertz CT molecular complexity index is 1050. The van der Waals surface area contributed by atoms with Crippen LogP contribution in [0.25, 0.3) is 6.08 Å². The summed E-state index contributed by atoms with van der Waals surface area (Å²) < 4.78 is 11.8. The summed E-state index contributed by atoms with van der Waals surface area (Å²) in [5.74, 6) is 0.165. The molecule has 0 aromatic heterocycles. The first-order valence-corrected chi connectivity index (χ1v) is 11.1. The molecule has 0 N–H and O–H groups in total. The number of esters is 1. The van der Waals surface area contributed by atoms with E-state index >= 15 is 0 Å². The molecule has 0 spiro atoms. The van der Waals surface area contributed by atoms with Crippen molar-refractivity contribution in [2.75, 3.05) is 13.7 Å². The summed E-state index contributed by atoms with van der Waals surface area (Å²) in [6.45, 7) is 8.62. The molecule has 7 heteroatoms. The number of carbonyl (C=O) groups excluding carboxylic acids is 2. The number of nitrogens with zero attached hydrogens (tertiary/aromatic N) is 1. The normalized spacial score (nSPS) is 15.5. The second kappa shape index (κ2) is 9.24. The summed E-state index contributed by atoms with van der Waals surface area (Å²) >= 11 is 6.42. The van der Waals surface area contributed by atoms with Crippen molar-refractivity contribution in [2.45, 2.75) is 33.1 Å². The molecule has 1 fully saturated rings. The average molecular weight is 456 g/mol. The van der Waals surface area contributed by atoms with Crippen molar-refractivity contribution in [3.8, 4) is 11.5 Å². The molecule has 5 nitrogen and oxygen atoms in total. The van der Waals surface area contributed by atoms with Crippen molar-refractivity contribution < 1.29 is 19.1 Å². The third-order valence-electron chi connectivity index (χ3n) is 4.74. The molecule has 1 aliphatic rings. The molecule has 3 rings (SSSR count). The first kappa shape index (κ1) is 23.0. The fraction of sp³-hybridized carbons (Fsp3) is 0.292. The van der Waals surface area contributed by atoms with Gasteiger partial charge in [-0.15, -0.1) is 0 Å². The number of ether oxygens (including phenoxy) is 2. The van der Waals surface area contributed by atoms with Gasteiger partial charge in [-0.3, -0.25) is 9.69 Å². The Morgan fingerprint density at radius 2 is 1.81 bits per heavy atom.